The quantitative estimate of drug-likeness (QED) is 0.558. The van der Waals surface area contributed by atoms with Gasteiger partial charge in [-0.05, 0) is 19.8 Å². The van der Waals surface area contributed by atoms with E-state index < -0.39 is 11.5 Å². The van der Waals surface area contributed by atoms with Gasteiger partial charge in [-0.1, -0.05) is 0 Å². The van der Waals surface area contributed by atoms with Crippen LogP contribution in [0.1, 0.15) is 19.8 Å². The van der Waals surface area contributed by atoms with E-state index in [9.17, 15) is 4.79 Å². The minimum atomic E-state index is -1.08. The molecule has 1 saturated heterocycles. The molecule has 0 radical (unpaired) electrons. The summed E-state index contributed by atoms with van der Waals surface area (Å²) in [6, 6.07) is 0. The third-order valence-corrected chi connectivity index (χ3v) is 2.67. The Labute approximate surface area is 83.5 Å². The van der Waals surface area contributed by atoms with E-state index >= 15 is 0 Å². The molecular weight excluding hydrogens is 184 g/mol. The van der Waals surface area contributed by atoms with Crippen molar-refractivity contribution in [3.63, 3.8) is 0 Å². The van der Waals surface area contributed by atoms with E-state index in [1.54, 1.807) is 6.92 Å². The van der Waals surface area contributed by atoms with Crippen molar-refractivity contribution in [3.05, 3.63) is 0 Å². The van der Waals surface area contributed by atoms with Crippen LogP contribution in [0.4, 0.5) is 0 Å². The summed E-state index contributed by atoms with van der Waals surface area (Å²) in [4.78, 5) is 12.8. The van der Waals surface area contributed by atoms with E-state index in [1.807, 2.05) is 4.90 Å². The Morgan fingerprint density at radius 3 is 2.79 bits per heavy atom. The van der Waals surface area contributed by atoms with Crippen LogP contribution in [-0.2, 0) is 4.79 Å². The highest BCUT2D eigenvalue weighted by atomic mass is 16.4. The molecule has 0 bridgehead atoms. The summed E-state index contributed by atoms with van der Waals surface area (Å²) in [5.41, 5.74) is 4.61. The molecule has 2 atom stereocenters. The first kappa shape index (κ1) is 11.4. The molecule has 0 aromatic rings. The minimum absolute atomic E-state index is 0.340. The summed E-state index contributed by atoms with van der Waals surface area (Å²) >= 11 is 0. The molecule has 0 aromatic carbocycles. The lowest BCUT2D eigenvalue weighted by Crippen LogP contribution is -2.50. The molecule has 1 rings (SSSR count). The maximum absolute atomic E-state index is 10.8. The fourth-order valence-corrected chi connectivity index (χ4v) is 1.65. The largest absolute Gasteiger partial charge is 0.480 e. The predicted molar refractivity (Wildman–Crippen MR) is 51.9 cm³/mol. The van der Waals surface area contributed by atoms with Crippen molar-refractivity contribution in [2.45, 2.75) is 31.4 Å². The van der Waals surface area contributed by atoms with Gasteiger partial charge in [-0.25, -0.2) is 0 Å². The summed E-state index contributed by atoms with van der Waals surface area (Å²) in [6.07, 6.45) is 0.810. The molecule has 0 aliphatic carbocycles. The average Bonchev–Trinajstić information content (AvgIpc) is 2.45. The summed E-state index contributed by atoms with van der Waals surface area (Å²) < 4.78 is 0. The lowest BCUT2D eigenvalue weighted by atomic mass is 10.0. The van der Waals surface area contributed by atoms with Gasteiger partial charge in [0.05, 0.1) is 6.10 Å². The maximum Gasteiger partial charge on any atom is 0.325 e. The number of aliphatic hydroxyl groups is 1. The van der Waals surface area contributed by atoms with E-state index in [0.717, 1.165) is 0 Å². The van der Waals surface area contributed by atoms with E-state index in [-0.39, 0.29) is 6.10 Å². The number of carboxylic acid groups (broad SMARTS) is 1. The van der Waals surface area contributed by atoms with Crippen LogP contribution in [0.2, 0.25) is 0 Å². The molecule has 0 spiro atoms. The van der Waals surface area contributed by atoms with E-state index in [1.165, 1.54) is 0 Å². The van der Waals surface area contributed by atoms with Crippen molar-refractivity contribution < 1.29 is 15.0 Å². The van der Waals surface area contributed by atoms with Gasteiger partial charge in [-0.15, -0.1) is 0 Å². The van der Waals surface area contributed by atoms with Crippen LogP contribution in [0.3, 0.4) is 0 Å². The first-order valence-corrected chi connectivity index (χ1v) is 4.87. The Hall–Kier alpha value is -0.650. The number of aliphatic hydroxyl groups excluding tert-OH is 1. The molecule has 4 N–H and O–H groups in total. The van der Waals surface area contributed by atoms with Crippen molar-refractivity contribution in [2.75, 3.05) is 19.6 Å². The Morgan fingerprint density at radius 1 is 1.71 bits per heavy atom. The molecule has 14 heavy (non-hydrogen) atoms. The third kappa shape index (κ3) is 2.67. The van der Waals surface area contributed by atoms with Crippen LogP contribution in [-0.4, -0.2) is 52.4 Å². The molecule has 2 unspecified atom stereocenters. The smallest absolute Gasteiger partial charge is 0.325 e. The number of likely N-dealkylation sites (tertiary alicyclic amines) is 1. The summed E-state index contributed by atoms with van der Waals surface area (Å²) in [7, 11) is 0. The van der Waals surface area contributed by atoms with Gasteiger partial charge in [0.25, 0.3) is 0 Å². The van der Waals surface area contributed by atoms with Crippen molar-refractivity contribution in [1.29, 1.82) is 0 Å². The van der Waals surface area contributed by atoms with Crippen LogP contribution in [0.25, 0.3) is 0 Å². The second-order valence-electron chi connectivity index (χ2n) is 4.13. The molecule has 0 amide bonds. The van der Waals surface area contributed by atoms with Gasteiger partial charge in [0, 0.05) is 19.6 Å². The summed E-state index contributed by atoms with van der Waals surface area (Å²) in [6.45, 7) is 3.53. The van der Waals surface area contributed by atoms with Crippen molar-refractivity contribution in [3.8, 4) is 0 Å². The minimum Gasteiger partial charge on any atom is -0.480 e. The summed E-state index contributed by atoms with van der Waals surface area (Å²) in [5, 5.41) is 17.9. The Bertz CT molecular complexity index is 220. The monoisotopic (exact) mass is 202 g/mol. The number of carbonyl (C=O) groups is 1. The van der Waals surface area contributed by atoms with Gasteiger partial charge >= 0.3 is 5.97 Å². The van der Waals surface area contributed by atoms with Gasteiger partial charge in [0.15, 0.2) is 0 Å². The molecule has 5 heteroatoms. The Morgan fingerprint density at radius 2 is 2.36 bits per heavy atom. The van der Waals surface area contributed by atoms with Crippen LogP contribution < -0.4 is 5.73 Å². The molecule has 82 valence electrons. The highest BCUT2D eigenvalue weighted by molar-refractivity contribution is 5.79. The van der Waals surface area contributed by atoms with E-state index in [2.05, 4.69) is 0 Å². The highest BCUT2D eigenvalue weighted by Gasteiger charge is 2.40. The lowest BCUT2D eigenvalue weighted by Gasteiger charge is -2.20. The summed E-state index contributed by atoms with van der Waals surface area (Å²) in [5.74, 6) is -0.933. The second-order valence-corrected chi connectivity index (χ2v) is 4.13. The first-order chi connectivity index (χ1) is 6.44. The molecule has 0 aromatic heterocycles. The number of aliphatic carboxylic acids is 1. The Balaban J connectivity index is 2.37. The first-order valence-electron chi connectivity index (χ1n) is 4.87. The molecule has 1 aliphatic heterocycles. The fraction of sp³-hybridized carbons (Fsp3) is 0.889. The van der Waals surface area contributed by atoms with Gasteiger partial charge in [-0.2, -0.15) is 0 Å². The van der Waals surface area contributed by atoms with E-state index in [0.29, 0.717) is 32.5 Å². The zero-order valence-electron chi connectivity index (χ0n) is 8.44. The Kier molecular flexibility index (Phi) is 3.47. The zero-order chi connectivity index (χ0) is 10.8. The van der Waals surface area contributed by atoms with Crippen molar-refractivity contribution in [2.24, 2.45) is 5.73 Å². The molecule has 0 saturated carbocycles. The van der Waals surface area contributed by atoms with Gasteiger partial charge in [0.2, 0.25) is 0 Å². The number of rotatable bonds is 4. The van der Waals surface area contributed by atoms with Crippen LogP contribution in [0.15, 0.2) is 0 Å². The number of hydrogen-bond donors (Lipinski definition) is 3. The van der Waals surface area contributed by atoms with Crippen LogP contribution in [0.5, 0.6) is 0 Å². The molecule has 5 nitrogen and oxygen atoms in total. The normalized spacial score (nSPS) is 30.5. The second kappa shape index (κ2) is 4.25. The van der Waals surface area contributed by atoms with Crippen LogP contribution in [0, 0.1) is 0 Å². The fourth-order valence-electron chi connectivity index (χ4n) is 1.65. The number of nitrogens with two attached hydrogens (primary N) is 1. The number of hydrogen-bond acceptors (Lipinski definition) is 4. The molecule has 1 fully saturated rings. The highest BCUT2D eigenvalue weighted by Crippen LogP contribution is 2.19. The predicted octanol–water partition coefficient (Wildman–Crippen LogP) is -0.755. The molecule has 1 heterocycles. The zero-order valence-corrected chi connectivity index (χ0v) is 8.44. The topological polar surface area (TPSA) is 86.8 Å². The molecular formula is C9H18N2O3. The van der Waals surface area contributed by atoms with Crippen molar-refractivity contribution in [1.82, 2.24) is 4.90 Å². The van der Waals surface area contributed by atoms with Gasteiger partial charge < -0.3 is 20.8 Å². The van der Waals surface area contributed by atoms with Gasteiger partial charge in [0.1, 0.15) is 5.54 Å². The maximum atomic E-state index is 10.8. The average molecular weight is 202 g/mol. The number of nitrogens with zero attached hydrogens (tertiary/aromatic N) is 1. The van der Waals surface area contributed by atoms with E-state index in [4.69, 9.17) is 15.9 Å². The standard InChI is InChI=1S/C9H18N2O3/c1-7(12)2-4-11-5-3-9(10,6-11)8(13)14/h7,12H,2-6,10H2,1H3,(H,13,14). The van der Waals surface area contributed by atoms with Crippen molar-refractivity contribution >= 4 is 5.97 Å². The van der Waals surface area contributed by atoms with Gasteiger partial charge in [-0.3, -0.25) is 4.79 Å². The lowest BCUT2D eigenvalue weighted by molar-refractivity contribution is -0.142. The van der Waals surface area contributed by atoms with Crippen LogP contribution >= 0.6 is 0 Å². The number of carboxylic acids is 1. The molecule has 1 aliphatic rings. The SMILES string of the molecule is CC(O)CCN1CCC(N)(C(=O)O)C1. The third-order valence-electron chi connectivity index (χ3n) is 2.67.